The molecule has 0 fully saturated rings. The molecule has 0 unspecified atom stereocenters. The maximum Gasteiger partial charge on any atom is 0.194 e. The van der Waals surface area contributed by atoms with Gasteiger partial charge in [0.2, 0.25) is 0 Å². The van der Waals surface area contributed by atoms with Crippen molar-refractivity contribution in [2.45, 2.75) is 27.3 Å². The Morgan fingerprint density at radius 2 is 2.10 bits per heavy atom. The zero-order valence-corrected chi connectivity index (χ0v) is 14.4. The molecule has 3 rings (SSSR count). The Balaban J connectivity index is 1.90. The van der Waals surface area contributed by atoms with E-state index in [4.69, 9.17) is 0 Å². The quantitative estimate of drug-likeness (QED) is 0.717. The maximum absolute atomic E-state index is 13.5. The second kappa shape index (κ2) is 5.42. The van der Waals surface area contributed by atoms with E-state index in [-0.39, 0.29) is 5.82 Å². The van der Waals surface area contributed by atoms with Gasteiger partial charge in [0.15, 0.2) is 4.96 Å². The fraction of sp³-hybridized carbons (Fsp3) is 0.267. The molecule has 2 heterocycles. The lowest BCUT2D eigenvalue weighted by Crippen LogP contribution is -2.05. The van der Waals surface area contributed by atoms with Gasteiger partial charge in [-0.2, -0.15) is 0 Å². The van der Waals surface area contributed by atoms with Gasteiger partial charge >= 0.3 is 0 Å². The zero-order valence-electron chi connectivity index (χ0n) is 12.0. The van der Waals surface area contributed by atoms with E-state index < -0.39 is 0 Å². The smallest absolute Gasteiger partial charge is 0.194 e. The second-order valence-electron chi connectivity index (χ2n) is 5.07. The van der Waals surface area contributed by atoms with Crippen LogP contribution in [-0.4, -0.2) is 9.38 Å². The van der Waals surface area contributed by atoms with Crippen LogP contribution in [-0.2, 0) is 6.54 Å². The SMILES string of the molecule is Cc1cn2c(CNc3cc(Br)c(F)cc3C)c(C)nc2s1. The molecule has 0 atom stereocenters. The van der Waals surface area contributed by atoms with E-state index in [1.54, 1.807) is 17.4 Å². The van der Waals surface area contributed by atoms with Crippen molar-refractivity contribution in [3.63, 3.8) is 0 Å². The van der Waals surface area contributed by atoms with Crippen LogP contribution in [0.5, 0.6) is 0 Å². The first kappa shape index (κ1) is 14.5. The predicted octanol–water partition coefficient (Wildman–Crippen LogP) is 4.83. The Hall–Kier alpha value is -1.40. The molecule has 0 saturated heterocycles. The van der Waals surface area contributed by atoms with Gasteiger partial charge in [0.1, 0.15) is 5.82 Å². The number of hydrogen-bond acceptors (Lipinski definition) is 3. The summed E-state index contributed by atoms with van der Waals surface area (Å²) in [5.41, 5.74) is 3.96. The molecule has 0 aliphatic carbocycles. The fourth-order valence-corrected chi connectivity index (χ4v) is 3.57. The Morgan fingerprint density at radius 1 is 1.33 bits per heavy atom. The third-order valence-corrected chi connectivity index (χ3v) is 4.96. The number of aryl methyl sites for hydroxylation is 3. The first-order valence-corrected chi connectivity index (χ1v) is 8.20. The molecule has 21 heavy (non-hydrogen) atoms. The van der Waals surface area contributed by atoms with Crippen molar-refractivity contribution in [2.24, 2.45) is 0 Å². The number of imidazole rings is 1. The van der Waals surface area contributed by atoms with Crippen LogP contribution in [0.4, 0.5) is 10.1 Å². The number of nitrogens with zero attached hydrogens (tertiary/aromatic N) is 2. The fourth-order valence-electron chi connectivity index (χ4n) is 2.34. The van der Waals surface area contributed by atoms with E-state index in [2.05, 4.69) is 43.8 Å². The molecule has 3 nitrogen and oxygen atoms in total. The molecule has 1 N–H and O–H groups in total. The Kier molecular flexibility index (Phi) is 3.75. The number of thiazole rings is 1. The van der Waals surface area contributed by atoms with Gasteiger partial charge in [0.25, 0.3) is 0 Å². The number of benzene rings is 1. The molecule has 110 valence electrons. The molecule has 0 saturated carbocycles. The highest BCUT2D eigenvalue weighted by molar-refractivity contribution is 9.10. The van der Waals surface area contributed by atoms with Crippen molar-refractivity contribution >= 4 is 37.9 Å². The van der Waals surface area contributed by atoms with Crippen LogP contribution in [0.2, 0.25) is 0 Å². The lowest BCUT2D eigenvalue weighted by atomic mass is 10.2. The van der Waals surface area contributed by atoms with Crippen LogP contribution < -0.4 is 5.32 Å². The summed E-state index contributed by atoms with van der Waals surface area (Å²) in [6.45, 7) is 6.64. The van der Waals surface area contributed by atoms with Crippen LogP contribution in [0.15, 0.2) is 22.8 Å². The summed E-state index contributed by atoms with van der Waals surface area (Å²) >= 11 is 4.91. The first-order chi connectivity index (χ1) is 9.95. The molecule has 0 aliphatic heterocycles. The number of nitrogens with one attached hydrogen (secondary N) is 1. The van der Waals surface area contributed by atoms with E-state index in [1.165, 1.54) is 10.9 Å². The summed E-state index contributed by atoms with van der Waals surface area (Å²) < 4.78 is 16.1. The Bertz CT molecular complexity index is 822. The van der Waals surface area contributed by atoms with Crippen LogP contribution in [0, 0.1) is 26.6 Å². The summed E-state index contributed by atoms with van der Waals surface area (Å²) in [7, 11) is 0. The summed E-state index contributed by atoms with van der Waals surface area (Å²) in [6.07, 6.45) is 2.10. The Morgan fingerprint density at radius 3 is 2.86 bits per heavy atom. The molecule has 0 radical (unpaired) electrons. The van der Waals surface area contributed by atoms with Crippen molar-refractivity contribution in [3.8, 4) is 0 Å². The van der Waals surface area contributed by atoms with Crippen molar-refractivity contribution in [2.75, 3.05) is 5.32 Å². The van der Waals surface area contributed by atoms with E-state index in [9.17, 15) is 4.39 Å². The van der Waals surface area contributed by atoms with Gasteiger partial charge in [-0.25, -0.2) is 9.37 Å². The molecule has 3 aromatic rings. The largest absolute Gasteiger partial charge is 0.379 e. The third kappa shape index (κ3) is 2.70. The average Bonchev–Trinajstić information content (AvgIpc) is 2.88. The predicted molar refractivity (Wildman–Crippen MR) is 88.7 cm³/mol. The number of hydrogen-bond donors (Lipinski definition) is 1. The minimum Gasteiger partial charge on any atom is -0.379 e. The van der Waals surface area contributed by atoms with Crippen LogP contribution in [0.3, 0.4) is 0 Å². The molecule has 2 aromatic heterocycles. The van der Waals surface area contributed by atoms with Crippen LogP contribution in [0.25, 0.3) is 4.96 Å². The van der Waals surface area contributed by atoms with Crippen molar-refractivity contribution in [1.82, 2.24) is 9.38 Å². The molecule has 0 aliphatic rings. The molecule has 0 amide bonds. The first-order valence-electron chi connectivity index (χ1n) is 6.59. The standard InChI is InChI=1S/C15H15BrFN3S/c1-8-4-12(17)11(16)5-13(8)18-6-14-10(3)19-15-20(14)7-9(2)21-15/h4-5,7,18H,6H2,1-3H3. The number of halogens is 2. The molecule has 6 heteroatoms. The molecule has 1 aromatic carbocycles. The van der Waals surface area contributed by atoms with Gasteiger partial charge in [-0.3, -0.25) is 4.40 Å². The summed E-state index contributed by atoms with van der Waals surface area (Å²) in [5.74, 6) is -0.241. The Labute approximate surface area is 135 Å². The maximum atomic E-state index is 13.5. The highest BCUT2D eigenvalue weighted by Gasteiger charge is 2.12. The van der Waals surface area contributed by atoms with Crippen molar-refractivity contribution in [1.29, 1.82) is 0 Å². The van der Waals surface area contributed by atoms with E-state index >= 15 is 0 Å². The lowest BCUT2D eigenvalue weighted by molar-refractivity contribution is 0.620. The van der Waals surface area contributed by atoms with E-state index in [1.807, 2.05) is 13.8 Å². The second-order valence-corrected chi connectivity index (χ2v) is 7.14. The van der Waals surface area contributed by atoms with Crippen LogP contribution in [0.1, 0.15) is 21.8 Å². The lowest BCUT2D eigenvalue weighted by Gasteiger charge is -2.11. The van der Waals surface area contributed by atoms with Crippen molar-refractivity contribution in [3.05, 3.63) is 50.4 Å². The highest BCUT2D eigenvalue weighted by Crippen LogP contribution is 2.26. The van der Waals surface area contributed by atoms with Crippen molar-refractivity contribution < 1.29 is 4.39 Å². The van der Waals surface area contributed by atoms with Gasteiger partial charge < -0.3 is 5.32 Å². The molecule has 0 bridgehead atoms. The summed E-state index contributed by atoms with van der Waals surface area (Å²) in [5, 5.41) is 3.37. The van der Waals surface area contributed by atoms with E-state index in [0.29, 0.717) is 11.0 Å². The van der Waals surface area contributed by atoms with Crippen LogP contribution >= 0.6 is 27.3 Å². The average molecular weight is 368 g/mol. The highest BCUT2D eigenvalue weighted by atomic mass is 79.9. The molecular weight excluding hydrogens is 353 g/mol. The van der Waals surface area contributed by atoms with Gasteiger partial charge in [0, 0.05) is 16.8 Å². The minimum absolute atomic E-state index is 0.241. The normalized spacial score (nSPS) is 11.3. The molecule has 0 spiro atoms. The number of anilines is 1. The minimum atomic E-state index is -0.241. The van der Waals surface area contributed by atoms with Gasteiger partial charge in [-0.1, -0.05) is 0 Å². The number of fused-ring (bicyclic) bond motifs is 1. The van der Waals surface area contributed by atoms with Gasteiger partial charge in [-0.15, -0.1) is 11.3 Å². The number of aromatic nitrogens is 2. The van der Waals surface area contributed by atoms with Gasteiger partial charge in [0.05, 0.1) is 22.4 Å². The molecular formula is C15H15BrFN3S. The summed E-state index contributed by atoms with van der Waals surface area (Å²) in [4.78, 5) is 6.82. The monoisotopic (exact) mass is 367 g/mol. The zero-order chi connectivity index (χ0) is 15.1. The third-order valence-electron chi connectivity index (χ3n) is 3.45. The topological polar surface area (TPSA) is 29.3 Å². The van der Waals surface area contributed by atoms with Gasteiger partial charge in [-0.05, 0) is 54.4 Å². The number of rotatable bonds is 3. The summed E-state index contributed by atoms with van der Waals surface area (Å²) in [6, 6.07) is 3.30. The van der Waals surface area contributed by atoms with E-state index in [0.717, 1.165) is 27.6 Å².